The SMILES string of the molecule is [B]CN1CCC(C2CCN(C3=CNC(=NC4CCC(=O)NC4=O)C3)CC2)C(F)(F)C1. The van der Waals surface area contributed by atoms with Gasteiger partial charge in [0.15, 0.2) is 0 Å². The minimum Gasteiger partial charge on any atom is -0.373 e. The number of amidine groups is 1. The average molecular weight is 419 g/mol. The second-order valence-corrected chi connectivity index (χ2v) is 8.72. The summed E-state index contributed by atoms with van der Waals surface area (Å²) in [6, 6.07) is -0.537. The fourth-order valence-electron chi connectivity index (χ4n) is 5.07. The molecule has 4 rings (SSSR count). The van der Waals surface area contributed by atoms with Crippen molar-refractivity contribution < 1.29 is 18.4 Å². The van der Waals surface area contributed by atoms with Crippen molar-refractivity contribution in [2.75, 3.05) is 32.6 Å². The van der Waals surface area contributed by atoms with E-state index in [-0.39, 0.29) is 30.7 Å². The van der Waals surface area contributed by atoms with Crippen LogP contribution in [-0.2, 0) is 9.59 Å². The maximum atomic E-state index is 14.6. The molecule has 3 fully saturated rings. The number of nitrogens with one attached hydrogen (secondary N) is 2. The maximum Gasteiger partial charge on any atom is 0.263 e. The fourth-order valence-corrected chi connectivity index (χ4v) is 5.07. The van der Waals surface area contributed by atoms with E-state index in [4.69, 9.17) is 7.85 Å². The van der Waals surface area contributed by atoms with Gasteiger partial charge >= 0.3 is 0 Å². The molecule has 2 N–H and O–H groups in total. The fraction of sp³-hybridized carbons (Fsp3) is 0.750. The summed E-state index contributed by atoms with van der Waals surface area (Å²) >= 11 is 0. The third-order valence-electron chi connectivity index (χ3n) is 6.78. The lowest BCUT2D eigenvalue weighted by molar-refractivity contribution is -0.134. The van der Waals surface area contributed by atoms with Crippen LogP contribution in [0.25, 0.3) is 0 Å². The van der Waals surface area contributed by atoms with Crippen molar-refractivity contribution in [2.24, 2.45) is 16.8 Å². The van der Waals surface area contributed by atoms with Crippen molar-refractivity contribution in [3.8, 4) is 0 Å². The van der Waals surface area contributed by atoms with Crippen molar-refractivity contribution in [2.45, 2.75) is 50.5 Å². The molecule has 0 spiro atoms. The summed E-state index contributed by atoms with van der Waals surface area (Å²) in [4.78, 5) is 31.5. The lowest BCUT2D eigenvalue weighted by atomic mass is 9.76. The van der Waals surface area contributed by atoms with E-state index in [2.05, 4.69) is 20.5 Å². The van der Waals surface area contributed by atoms with Gasteiger partial charge in [-0.3, -0.25) is 19.9 Å². The van der Waals surface area contributed by atoms with Crippen LogP contribution >= 0.6 is 0 Å². The molecule has 0 saturated carbocycles. The van der Waals surface area contributed by atoms with Gasteiger partial charge in [-0.2, -0.15) is 0 Å². The van der Waals surface area contributed by atoms with Gasteiger partial charge in [0.05, 0.1) is 14.4 Å². The van der Waals surface area contributed by atoms with Gasteiger partial charge in [0.2, 0.25) is 5.91 Å². The first-order valence-electron chi connectivity index (χ1n) is 10.8. The van der Waals surface area contributed by atoms with Crippen LogP contribution in [0.1, 0.15) is 38.5 Å². The van der Waals surface area contributed by atoms with E-state index in [0.717, 1.165) is 31.6 Å². The Bertz CT molecular complexity index is 751. The number of aliphatic imine (C=N–C) groups is 1. The van der Waals surface area contributed by atoms with E-state index in [1.165, 1.54) is 0 Å². The highest BCUT2D eigenvalue weighted by atomic mass is 19.3. The predicted octanol–water partition coefficient (Wildman–Crippen LogP) is 0.820. The van der Waals surface area contributed by atoms with Crippen molar-refractivity contribution >= 4 is 25.5 Å². The average Bonchev–Trinajstić information content (AvgIpc) is 3.18. The molecule has 0 aromatic carbocycles. The molecule has 2 radical (unpaired) electrons. The summed E-state index contributed by atoms with van der Waals surface area (Å²) in [6.45, 7) is 1.91. The van der Waals surface area contributed by atoms with Crippen LogP contribution in [0.3, 0.4) is 0 Å². The smallest absolute Gasteiger partial charge is 0.263 e. The molecule has 0 aromatic heterocycles. The molecule has 2 amide bonds. The van der Waals surface area contributed by atoms with E-state index in [1.54, 1.807) is 4.90 Å². The molecule has 10 heteroatoms. The monoisotopic (exact) mass is 419 g/mol. The van der Waals surface area contributed by atoms with Gasteiger partial charge in [0.1, 0.15) is 11.9 Å². The molecule has 2 unspecified atom stereocenters. The van der Waals surface area contributed by atoms with Crippen LogP contribution in [0.2, 0.25) is 0 Å². The van der Waals surface area contributed by atoms with Crippen LogP contribution < -0.4 is 10.6 Å². The molecular formula is C20H28BF2N5O2. The second kappa shape index (κ2) is 8.65. The predicted molar refractivity (Wildman–Crippen MR) is 109 cm³/mol. The molecule has 0 aromatic rings. The molecular weight excluding hydrogens is 391 g/mol. The van der Waals surface area contributed by atoms with Crippen LogP contribution in [0.15, 0.2) is 16.9 Å². The summed E-state index contributed by atoms with van der Waals surface area (Å²) in [5, 5.41) is 5.44. The summed E-state index contributed by atoms with van der Waals surface area (Å²) in [6.07, 6.45) is 5.39. The number of imide groups is 1. The Morgan fingerprint density at radius 1 is 1.17 bits per heavy atom. The zero-order chi connectivity index (χ0) is 21.3. The number of carbonyl (C=O) groups is 2. The molecule has 2 atom stereocenters. The van der Waals surface area contributed by atoms with Gasteiger partial charge in [0.25, 0.3) is 11.8 Å². The van der Waals surface area contributed by atoms with Crippen LogP contribution in [0.5, 0.6) is 0 Å². The molecule has 4 heterocycles. The third-order valence-corrected chi connectivity index (χ3v) is 6.78. The quantitative estimate of drug-likeness (QED) is 0.522. The van der Waals surface area contributed by atoms with Crippen LogP contribution in [-0.4, -0.2) is 79.9 Å². The molecule has 0 bridgehead atoms. The molecule has 7 nitrogen and oxygen atoms in total. The minimum atomic E-state index is -2.68. The number of amides is 2. The number of alkyl halides is 2. The zero-order valence-electron chi connectivity index (χ0n) is 17.1. The summed E-state index contributed by atoms with van der Waals surface area (Å²) in [5.41, 5.74) is 1.07. The number of nitrogens with zero attached hydrogens (tertiary/aromatic N) is 3. The highest BCUT2D eigenvalue weighted by Gasteiger charge is 2.48. The Morgan fingerprint density at radius 3 is 2.60 bits per heavy atom. The Kier molecular flexibility index (Phi) is 6.13. The molecule has 4 aliphatic heterocycles. The lowest BCUT2D eigenvalue weighted by Gasteiger charge is -2.44. The normalized spacial score (nSPS) is 32.1. The Balaban J connectivity index is 1.28. The lowest BCUT2D eigenvalue weighted by Crippen LogP contribution is -2.52. The van der Waals surface area contributed by atoms with Crippen LogP contribution in [0, 0.1) is 11.8 Å². The number of rotatable bonds is 4. The number of carbonyl (C=O) groups excluding carboxylic acids is 2. The number of likely N-dealkylation sites (tertiary alicyclic amines) is 2. The largest absolute Gasteiger partial charge is 0.373 e. The van der Waals surface area contributed by atoms with E-state index in [0.29, 0.717) is 38.1 Å². The van der Waals surface area contributed by atoms with Gasteiger partial charge in [-0.05, 0) is 44.6 Å². The van der Waals surface area contributed by atoms with Crippen molar-refractivity contribution in [1.29, 1.82) is 0 Å². The van der Waals surface area contributed by atoms with Gasteiger partial charge in [0, 0.05) is 43.7 Å². The minimum absolute atomic E-state index is 0.0303. The van der Waals surface area contributed by atoms with E-state index >= 15 is 0 Å². The molecule has 0 aliphatic carbocycles. The number of halogens is 2. The first-order valence-corrected chi connectivity index (χ1v) is 10.8. The third kappa shape index (κ3) is 4.53. The topological polar surface area (TPSA) is 77.0 Å². The molecule has 162 valence electrons. The Hall–Kier alpha value is -1.97. The molecule has 4 aliphatic rings. The Labute approximate surface area is 176 Å². The summed E-state index contributed by atoms with van der Waals surface area (Å²) in [5.74, 6) is -3.11. The zero-order valence-corrected chi connectivity index (χ0v) is 17.1. The maximum absolute atomic E-state index is 14.6. The number of hydrogen-bond donors (Lipinski definition) is 2. The van der Waals surface area contributed by atoms with E-state index in [9.17, 15) is 18.4 Å². The summed E-state index contributed by atoms with van der Waals surface area (Å²) < 4.78 is 29.2. The first kappa shape index (κ1) is 21.3. The Morgan fingerprint density at radius 2 is 1.93 bits per heavy atom. The standard InChI is InChI=1S/C20H28BF2N5O2/c21-12-27-6-5-15(20(22,23)11-27)13-3-7-28(8-4-13)14-9-17(24-10-14)25-16-1-2-18(29)26-19(16)30/h10,13,15-16H,1-9,11-12H2,(H,24,25)(H,26,29,30). The van der Waals surface area contributed by atoms with Gasteiger partial charge in [-0.25, -0.2) is 8.78 Å². The van der Waals surface area contributed by atoms with Crippen LogP contribution in [0.4, 0.5) is 8.78 Å². The van der Waals surface area contributed by atoms with E-state index < -0.39 is 17.9 Å². The molecule has 30 heavy (non-hydrogen) atoms. The van der Waals surface area contributed by atoms with Gasteiger partial charge in [-0.1, -0.05) is 0 Å². The van der Waals surface area contributed by atoms with Crippen molar-refractivity contribution in [3.05, 3.63) is 11.9 Å². The van der Waals surface area contributed by atoms with Gasteiger partial charge in [-0.15, -0.1) is 0 Å². The van der Waals surface area contributed by atoms with E-state index in [1.807, 2.05) is 6.20 Å². The second-order valence-electron chi connectivity index (χ2n) is 8.72. The first-order chi connectivity index (χ1) is 14.4. The molecule has 3 saturated heterocycles. The highest BCUT2D eigenvalue weighted by Crippen LogP contribution is 2.42. The van der Waals surface area contributed by atoms with Crippen molar-refractivity contribution in [3.63, 3.8) is 0 Å². The number of piperidine rings is 3. The van der Waals surface area contributed by atoms with Crippen molar-refractivity contribution in [1.82, 2.24) is 20.4 Å². The van der Waals surface area contributed by atoms with Gasteiger partial charge < -0.3 is 15.1 Å². The summed E-state index contributed by atoms with van der Waals surface area (Å²) in [7, 11) is 5.55. The highest BCUT2D eigenvalue weighted by molar-refractivity contribution is 6.08. The number of hydrogen-bond acceptors (Lipinski definition) is 5.